The Labute approximate surface area is 177 Å². The molecule has 1 aromatic carbocycles. The molecule has 0 radical (unpaired) electrons. The second-order valence-corrected chi connectivity index (χ2v) is 8.41. The fraction of sp³-hybridized carbons (Fsp3) is 0.571. The third-order valence-electron chi connectivity index (χ3n) is 4.89. The Hall–Kier alpha value is -2.06. The van der Waals surface area contributed by atoms with Gasteiger partial charge in [0.15, 0.2) is 5.16 Å². The van der Waals surface area contributed by atoms with Gasteiger partial charge in [0.1, 0.15) is 0 Å². The van der Waals surface area contributed by atoms with Gasteiger partial charge in [0.2, 0.25) is 11.9 Å². The smallest absolute Gasteiger partial charge is 0.233 e. The van der Waals surface area contributed by atoms with E-state index >= 15 is 0 Å². The van der Waals surface area contributed by atoms with E-state index in [-0.39, 0.29) is 11.2 Å². The number of rotatable bonds is 10. The van der Waals surface area contributed by atoms with Crippen LogP contribution in [0.15, 0.2) is 35.5 Å². The number of aromatic nitrogens is 3. The van der Waals surface area contributed by atoms with Gasteiger partial charge in [-0.2, -0.15) is 0 Å². The van der Waals surface area contributed by atoms with Crippen LogP contribution in [0.1, 0.15) is 39.5 Å². The summed E-state index contributed by atoms with van der Waals surface area (Å²) in [7, 11) is 0. The monoisotopic (exact) mass is 417 g/mol. The van der Waals surface area contributed by atoms with Crippen molar-refractivity contribution in [2.45, 2.75) is 49.9 Å². The molecule has 0 spiro atoms. The number of carbonyl (C=O) groups excluding carboxylic acids is 1. The minimum atomic E-state index is -0.261. The summed E-state index contributed by atoms with van der Waals surface area (Å²) in [5, 5.41) is 12.4. The lowest BCUT2D eigenvalue weighted by molar-refractivity contribution is -0.120. The molecule has 0 bridgehead atoms. The van der Waals surface area contributed by atoms with Crippen molar-refractivity contribution >= 4 is 23.6 Å². The number of nitrogens with zero attached hydrogens (tertiary/aromatic N) is 4. The van der Waals surface area contributed by atoms with E-state index in [4.69, 9.17) is 4.74 Å². The highest BCUT2D eigenvalue weighted by molar-refractivity contribution is 8.00. The number of anilines is 1. The van der Waals surface area contributed by atoms with Gasteiger partial charge in [-0.25, -0.2) is 0 Å². The second-order valence-electron chi connectivity index (χ2n) is 7.10. The lowest BCUT2D eigenvalue weighted by atomic mass is 10.1. The summed E-state index contributed by atoms with van der Waals surface area (Å²) in [4.78, 5) is 14.8. The van der Waals surface area contributed by atoms with E-state index in [0.717, 1.165) is 36.3 Å². The summed E-state index contributed by atoms with van der Waals surface area (Å²) in [6.45, 7) is 7.85. The molecule has 1 amide bonds. The number of nitrogens with one attached hydrogen (secondary N) is 1. The number of piperidine rings is 1. The lowest BCUT2D eigenvalue weighted by Crippen LogP contribution is -2.33. The van der Waals surface area contributed by atoms with Gasteiger partial charge >= 0.3 is 0 Å². The molecule has 2 heterocycles. The summed E-state index contributed by atoms with van der Waals surface area (Å²) in [5.41, 5.74) is 1.02. The van der Waals surface area contributed by atoms with E-state index in [1.165, 1.54) is 31.0 Å². The van der Waals surface area contributed by atoms with Crippen LogP contribution in [0.5, 0.6) is 0 Å². The number of amides is 1. The molecule has 158 valence electrons. The highest BCUT2D eigenvalue weighted by Gasteiger charge is 2.24. The maximum Gasteiger partial charge on any atom is 0.233 e. The number of para-hydroxylation sites is 1. The molecule has 1 aliphatic heterocycles. The molecule has 1 aromatic heterocycles. The van der Waals surface area contributed by atoms with Crippen molar-refractivity contribution in [1.82, 2.24) is 20.1 Å². The fourth-order valence-electron chi connectivity index (χ4n) is 3.33. The van der Waals surface area contributed by atoms with Gasteiger partial charge in [-0.3, -0.25) is 9.36 Å². The Balaban J connectivity index is 1.71. The summed E-state index contributed by atoms with van der Waals surface area (Å²) < 4.78 is 7.39. The molecule has 2 aromatic rings. The van der Waals surface area contributed by atoms with Crippen molar-refractivity contribution in [2.75, 3.05) is 37.7 Å². The number of hydrogen-bond donors (Lipinski definition) is 1. The Morgan fingerprint density at radius 3 is 2.69 bits per heavy atom. The second kappa shape index (κ2) is 11.2. The van der Waals surface area contributed by atoms with E-state index in [2.05, 4.69) is 37.1 Å². The number of hydrogen-bond acceptors (Lipinski definition) is 6. The molecule has 1 unspecified atom stereocenters. The standard InChI is InChI=1S/C21H31N5O2S/c1-3-28-16-10-13-22-19(27)17(2)29-21-24-23-20(25-14-8-5-9-15-25)26(21)18-11-6-4-7-12-18/h4,6-7,11-12,17H,3,5,8-10,13-16H2,1-2H3,(H,22,27). The Morgan fingerprint density at radius 1 is 1.21 bits per heavy atom. The predicted octanol–water partition coefficient (Wildman–Crippen LogP) is 3.28. The van der Waals surface area contributed by atoms with Crippen LogP contribution in [-0.2, 0) is 9.53 Å². The molecule has 1 atom stereocenters. The van der Waals surface area contributed by atoms with Gasteiger partial charge < -0.3 is 15.0 Å². The van der Waals surface area contributed by atoms with Crippen molar-refractivity contribution in [3.05, 3.63) is 30.3 Å². The first-order chi connectivity index (χ1) is 14.2. The van der Waals surface area contributed by atoms with Crippen LogP contribution in [0.25, 0.3) is 5.69 Å². The molecule has 7 nitrogen and oxygen atoms in total. The molecule has 8 heteroatoms. The number of carbonyl (C=O) groups is 1. The first-order valence-electron chi connectivity index (χ1n) is 10.5. The van der Waals surface area contributed by atoms with Crippen LogP contribution in [0.4, 0.5) is 5.95 Å². The van der Waals surface area contributed by atoms with Crippen molar-refractivity contribution < 1.29 is 9.53 Å². The molecular formula is C21H31N5O2S. The zero-order chi connectivity index (χ0) is 20.5. The fourth-order valence-corrected chi connectivity index (χ4v) is 4.21. The maximum atomic E-state index is 12.5. The summed E-state index contributed by atoms with van der Waals surface area (Å²) in [5.74, 6) is 0.872. The van der Waals surface area contributed by atoms with Gasteiger partial charge in [0.25, 0.3) is 0 Å². The SMILES string of the molecule is CCOCCCNC(=O)C(C)Sc1nnc(N2CCCCC2)n1-c1ccccc1. The summed E-state index contributed by atoms with van der Waals surface area (Å²) in [6.07, 6.45) is 4.42. The zero-order valence-corrected chi connectivity index (χ0v) is 18.2. The van der Waals surface area contributed by atoms with Crippen molar-refractivity contribution in [1.29, 1.82) is 0 Å². The van der Waals surface area contributed by atoms with E-state index in [1.807, 2.05) is 32.0 Å². The minimum absolute atomic E-state index is 0.00799. The Kier molecular flexibility index (Phi) is 8.37. The normalized spacial score (nSPS) is 15.3. The quantitative estimate of drug-likeness (QED) is 0.472. The minimum Gasteiger partial charge on any atom is -0.382 e. The van der Waals surface area contributed by atoms with Crippen LogP contribution < -0.4 is 10.2 Å². The van der Waals surface area contributed by atoms with Gasteiger partial charge in [-0.15, -0.1) is 10.2 Å². The molecule has 1 fully saturated rings. The van der Waals surface area contributed by atoms with E-state index in [9.17, 15) is 4.79 Å². The Bertz CT molecular complexity index is 762. The topological polar surface area (TPSA) is 72.3 Å². The third kappa shape index (κ3) is 5.96. The van der Waals surface area contributed by atoms with E-state index in [1.54, 1.807) is 0 Å². The molecule has 1 aliphatic rings. The van der Waals surface area contributed by atoms with Crippen molar-refractivity contribution in [3.63, 3.8) is 0 Å². The van der Waals surface area contributed by atoms with Crippen LogP contribution in [0.3, 0.4) is 0 Å². The number of ether oxygens (including phenoxy) is 1. The summed E-state index contributed by atoms with van der Waals surface area (Å²) >= 11 is 1.45. The maximum absolute atomic E-state index is 12.5. The third-order valence-corrected chi connectivity index (χ3v) is 5.93. The number of benzene rings is 1. The molecule has 1 N–H and O–H groups in total. The van der Waals surface area contributed by atoms with Gasteiger partial charge in [0.05, 0.1) is 10.9 Å². The highest BCUT2D eigenvalue weighted by Crippen LogP contribution is 2.30. The molecule has 0 saturated carbocycles. The average molecular weight is 418 g/mol. The Morgan fingerprint density at radius 2 is 1.97 bits per heavy atom. The predicted molar refractivity (Wildman–Crippen MR) is 117 cm³/mol. The van der Waals surface area contributed by atoms with E-state index < -0.39 is 0 Å². The van der Waals surface area contributed by atoms with Crippen LogP contribution >= 0.6 is 11.8 Å². The van der Waals surface area contributed by atoms with Gasteiger partial charge in [-0.05, 0) is 51.7 Å². The molecule has 3 rings (SSSR count). The lowest BCUT2D eigenvalue weighted by Gasteiger charge is -2.28. The van der Waals surface area contributed by atoms with Crippen LogP contribution in [0, 0.1) is 0 Å². The molecule has 1 saturated heterocycles. The molecule has 29 heavy (non-hydrogen) atoms. The summed E-state index contributed by atoms with van der Waals surface area (Å²) in [6, 6.07) is 10.1. The van der Waals surface area contributed by atoms with Gasteiger partial charge in [-0.1, -0.05) is 30.0 Å². The van der Waals surface area contributed by atoms with Gasteiger partial charge in [0, 0.05) is 32.8 Å². The average Bonchev–Trinajstić information content (AvgIpc) is 3.18. The molecule has 0 aliphatic carbocycles. The first kappa shape index (κ1) is 21.6. The van der Waals surface area contributed by atoms with Crippen LogP contribution in [0.2, 0.25) is 0 Å². The van der Waals surface area contributed by atoms with Crippen molar-refractivity contribution in [3.8, 4) is 5.69 Å². The molecular weight excluding hydrogens is 386 g/mol. The zero-order valence-electron chi connectivity index (χ0n) is 17.3. The first-order valence-corrected chi connectivity index (χ1v) is 11.4. The number of thioether (sulfide) groups is 1. The van der Waals surface area contributed by atoms with Crippen LogP contribution in [-0.4, -0.2) is 58.8 Å². The van der Waals surface area contributed by atoms with E-state index in [0.29, 0.717) is 19.8 Å². The largest absolute Gasteiger partial charge is 0.382 e. The highest BCUT2D eigenvalue weighted by atomic mass is 32.2. The van der Waals surface area contributed by atoms with Crippen molar-refractivity contribution in [2.24, 2.45) is 0 Å².